The van der Waals surface area contributed by atoms with Crippen LogP contribution < -0.4 is 14.8 Å². The van der Waals surface area contributed by atoms with Crippen LogP contribution >= 0.6 is 0 Å². The van der Waals surface area contributed by atoms with E-state index in [9.17, 15) is 4.79 Å². The number of carbonyl (C=O) groups excluding carboxylic acids is 1. The molecule has 0 bridgehead atoms. The molecule has 0 aliphatic heterocycles. The fourth-order valence-corrected chi connectivity index (χ4v) is 3.70. The smallest absolute Gasteiger partial charge is 0.255 e. The molecule has 0 radical (unpaired) electrons. The molecule has 1 N–H and O–H groups in total. The fraction of sp³-hybridized carbons (Fsp3) is 0.241. The van der Waals surface area contributed by atoms with Crippen molar-refractivity contribution in [3.8, 4) is 11.5 Å². The average molecular weight is 470 g/mol. The Kier molecular flexibility index (Phi) is 7.20. The summed E-state index contributed by atoms with van der Waals surface area (Å²) in [4.78, 5) is 12.8. The highest BCUT2D eigenvalue weighted by Crippen LogP contribution is 2.24. The molecule has 0 aliphatic rings. The van der Waals surface area contributed by atoms with Crippen molar-refractivity contribution in [2.45, 2.75) is 39.3 Å². The predicted octanol–water partition coefficient (Wildman–Crippen LogP) is 6.07. The molecule has 0 unspecified atom stereocenters. The van der Waals surface area contributed by atoms with Crippen molar-refractivity contribution in [3.05, 3.63) is 107 Å². The summed E-state index contributed by atoms with van der Waals surface area (Å²) in [5.41, 5.74) is 4.55. The number of anilines is 1. The molecule has 180 valence electrons. The molecule has 1 aromatic heterocycles. The van der Waals surface area contributed by atoms with Gasteiger partial charge in [-0.2, -0.15) is 5.10 Å². The van der Waals surface area contributed by atoms with Crippen LogP contribution in [0, 0.1) is 0 Å². The summed E-state index contributed by atoms with van der Waals surface area (Å²) in [7, 11) is 1.64. The van der Waals surface area contributed by atoms with Crippen molar-refractivity contribution in [3.63, 3.8) is 0 Å². The van der Waals surface area contributed by atoms with Gasteiger partial charge in [0.1, 0.15) is 18.1 Å². The second kappa shape index (κ2) is 10.5. The van der Waals surface area contributed by atoms with Crippen LogP contribution in [0.5, 0.6) is 11.5 Å². The van der Waals surface area contributed by atoms with Crippen molar-refractivity contribution < 1.29 is 14.3 Å². The van der Waals surface area contributed by atoms with Crippen molar-refractivity contribution in [2.24, 2.45) is 0 Å². The third-order valence-electron chi connectivity index (χ3n) is 5.68. The molecule has 3 aromatic carbocycles. The van der Waals surface area contributed by atoms with Gasteiger partial charge in [0.05, 0.1) is 25.5 Å². The number of nitrogens with zero attached hydrogens (tertiary/aromatic N) is 2. The van der Waals surface area contributed by atoms with Gasteiger partial charge in [0.15, 0.2) is 0 Å². The van der Waals surface area contributed by atoms with E-state index in [-0.39, 0.29) is 11.3 Å². The topological polar surface area (TPSA) is 65.4 Å². The summed E-state index contributed by atoms with van der Waals surface area (Å²) in [6.07, 6.45) is 3.46. The Morgan fingerprint density at radius 1 is 0.943 bits per heavy atom. The minimum absolute atomic E-state index is 0.103. The monoisotopic (exact) mass is 469 g/mol. The Labute approximate surface area is 206 Å². The normalized spacial score (nSPS) is 11.2. The first kappa shape index (κ1) is 24.1. The lowest BCUT2D eigenvalue weighted by molar-refractivity contribution is 0.102. The van der Waals surface area contributed by atoms with Crippen molar-refractivity contribution in [1.82, 2.24) is 9.78 Å². The molecule has 0 saturated carbocycles. The molecule has 0 saturated heterocycles. The van der Waals surface area contributed by atoms with Gasteiger partial charge >= 0.3 is 0 Å². The maximum absolute atomic E-state index is 12.8. The number of ether oxygens (including phenoxy) is 2. The molecule has 1 heterocycles. The minimum Gasteiger partial charge on any atom is -0.497 e. The Bertz CT molecular complexity index is 1290. The van der Waals surface area contributed by atoms with Gasteiger partial charge in [-0.25, -0.2) is 0 Å². The summed E-state index contributed by atoms with van der Waals surface area (Å²) in [5, 5.41) is 7.28. The summed E-state index contributed by atoms with van der Waals surface area (Å²) in [5.74, 6) is 1.41. The van der Waals surface area contributed by atoms with Gasteiger partial charge in [-0.15, -0.1) is 0 Å². The van der Waals surface area contributed by atoms with E-state index >= 15 is 0 Å². The molecule has 0 fully saturated rings. The molecule has 1 amide bonds. The van der Waals surface area contributed by atoms with Gasteiger partial charge in [-0.05, 0) is 58.5 Å². The SMILES string of the molecule is COc1cccc(Cn2cc(NC(=O)c3cccc(COc4ccc(C(C)(C)C)cc4)c3)cn2)c1. The number of aromatic nitrogens is 2. The van der Waals surface area contributed by atoms with Crippen LogP contribution in [0.2, 0.25) is 0 Å². The second-order valence-electron chi connectivity index (χ2n) is 9.50. The number of carbonyl (C=O) groups is 1. The first-order chi connectivity index (χ1) is 16.8. The van der Waals surface area contributed by atoms with E-state index in [2.05, 4.69) is 43.3 Å². The molecular weight excluding hydrogens is 438 g/mol. The fourth-order valence-electron chi connectivity index (χ4n) is 3.70. The summed E-state index contributed by atoms with van der Waals surface area (Å²) in [6.45, 7) is 7.52. The van der Waals surface area contributed by atoms with E-state index in [0.29, 0.717) is 24.4 Å². The quantitative estimate of drug-likeness (QED) is 0.340. The van der Waals surface area contributed by atoms with Gasteiger partial charge in [-0.3, -0.25) is 9.48 Å². The average Bonchev–Trinajstić information content (AvgIpc) is 3.29. The number of rotatable bonds is 8. The van der Waals surface area contributed by atoms with E-state index in [4.69, 9.17) is 9.47 Å². The third-order valence-corrected chi connectivity index (χ3v) is 5.68. The van der Waals surface area contributed by atoms with Gasteiger partial charge in [0.2, 0.25) is 0 Å². The minimum atomic E-state index is -0.192. The molecule has 6 heteroatoms. The number of hydrogen-bond donors (Lipinski definition) is 1. The van der Waals surface area contributed by atoms with Gasteiger partial charge in [0.25, 0.3) is 5.91 Å². The Balaban J connectivity index is 1.35. The van der Waals surface area contributed by atoms with E-state index in [1.807, 2.05) is 60.8 Å². The first-order valence-corrected chi connectivity index (χ1v) is 11.6. The van der Waals surface area contributed by atoms with E-state index in [0.717, 1.165) is 22.6 Å². The van der Waals surface area contributed by atoms with Crippen LogP contribution in [-0.2, 0) is 18.6 Å². The molecule has 0 atom stereocenters. The zero-order valence-corrected chi connectivity index (χ0v) is 20.6. The number of nitrogens with one attached hydrogen (secondary N) is 1. The van der Waals surface area contributed by atoms with E-state index in [1.165, 1.54) is 5.56 Å². The van der Waals surface area contributed by atoms with Crippen molar-refractivity contribution >= 4 is 11.6 Å². The highest BCUT2D eigenvalue weighted by atomic mass is 16.5. The van der Waals surface area contributed by atoms with E-state index in [1.54, 1.807) is 24.1 Å². The zero-order valence-electron chi connectivity index (χ0n) is 20.6. The molecule has 35 heavy (non-hydrogen) atoms. The van der Waals surface area contributed by atoms with Gasteiger partial charge < -0.3 is 14.8 Å². The maximum Gasteiger partial charge on any atom is 0.255 e. The lowest BCUT2D eigenvalue weighted by atomic mass is 9.87. The largest absolute Gasteiger partial charge is 0.497 e. The second-order valence-corrected chi connectivity index (χ2v) is 9.50. The number of hydrogen-bond acceptors (Lipinski definition) is 4. The van der Waals surface area contributed by atoms with Crippen LogP contribution in [0.3, 0.4) is 0 Å². The lowest BCUT2D eigenvalue weighted by Gasteiger charge is -2.19. The highest BCUT2D eigenvalue weighted by Gasteiger charge is 2.13. The predicted molar refractivity (Wildman–Crippen MR) is 138 cm³/mol. The molecular formula is C29H31N3O3. The third kappa shape index (κ3) is 6.51. The maximum atomic E-state index is 12.8. The molecule has 0 aliphatic carbocycles. The standard InChI is InChI=1S/C29H31N3O3/c1-29(2,3)24-11-13-26(14-12-24)35-20-22-8-5-9-23(15-22)28(33)31-25-17-30-32(19-25)18-21-7-6-10-27(16-21)34-4/h5-17,19H,18,20H2,1-4H3,(H,31,33). The van der Waals surface area contributed by atoms with Gasteiger partial charge in [-0.1, -0.05) is 57.2 Å². The van der Waals surface area contributed by atoms with E-state index < -0.39 is 0 Å². The van der Waals surface area contributed by atoms with Crippen LogP contribution in [0.4, 0.5) is 5.69 Å². The van der Waals surface area contributed by atoms with Crippen LogP contribution in [0.15, 0.2) is 85.2 Å². The lowest BCUT2D eigenvalue weighted by Crippen LogP contribution is -2.12. The molecule has 0 spiro atoms. The zero-order chi connectivity index (χ0) is 24.8. The molecule has 6 nitrogen and oxygen atoms in total. The first-order valence-electron chi connectivity index (χ1n) is 11.6. The summed E-state index contributed by atoms with van der Waals surface area (Å²) >= 11 is 0. The Hall–Kier alpha value is -4.06. The molecule has 4 aromatic rings. The van der Waals surface area contributed by atoms with Crippen LogP contribution in [0.1, 0.15) is 47.8 Å². The Morgan fingerprint density at radius 2 is 1.69 bits per heavy atom. The number of benzene rings is 3. The number of methoxy groups -OCH3 is 1. The summed E-state index contributed by atoms with van der Waals surface area (Å²) < 4.78 is 13.0. The molecule has 4 rings (SSSR count). The van der Waals surface area contributed by atoms with Crippen LogP contribution in [0.25, 0.3) is 0 Å². The van der Waals surface area contributed by atoms with Gasteiger partial charge in [0, 0.05) is 11.8 Å². The summed E-state index contributed by atoms with van der Waals surface area (Å²) in [6, 6.07) is 23.4. The van der Waals surface area contributed by atoms with Crippen molar-refractivity contribution in [1.29, 1.82) is 0 Å². The number of amides is 1. The van der Waals surface area contributed by atoms with Crippen LogP contribution in [-0.4, -0.2) is 22.8 Å². The highest BCUT2D eigenvalue weighted by molar-refractivity contribution is 6.04. The Morgan fingerprint density at radius 3 is 2.43 bits per heavy atom. The van der Waals surface area contributed by atoms with Crippen molar-refractivity contribution in [2.75, 3.05) is 12.4 Å².